The van der Waals surface area contributed by atoms with Crippen molar-refractivity contribution in [1.82, 2.24) is 0 Å². The molecule has 2 nitrogen and oxygen atoms in total. The SMILES string of the molecule is Cc1ccc(N(C)CCC(=O)C(C)(C)C)c(C)c1. The summed E-state index contributed by atoms with van der Waals surface area (Å²) in [5.74, 6) is 0.319. The van der Waals surface area contributed by atoms with E-state index in [2.05, 4.69) is 36.9 Å². The second kappa shape index (κ2) is 5.55. The largest absolute Gasteiger partial charge is 0.374 e. The number of hydrogen-bond donors (Lipinski definition) is 0. The summed E-state index contributed by atoms with van der Waals surface area (Å²) in [6.45, 7) is 10.9. The Morgan fingerprint density at radius 2 is 1.83 bits per heavy atom. The Balaban J connectivity index is 2.66. The van der Waals surface area contributed by atoms with E-state index in [9.17, 15) is 4.79 Å². The zero-order valence-corrected chi connectivity index (χ0v) is 12.5. The number of ketones is 1. The van der Waals surface area contributed by atoms with Crippen molar-refractivity contribution in [3.05, 3.63) is 29.3 Å². The van der Waals surface area contributed by atoms with E-state index in [0.29, 0.717) is 12.2 Å². The van der Waals surface area contributed by atoms with Crippen LogP contribution in [0.25, 0.3) is 0 Å². The van der Waals surface area contributed by atoms with Gasteiger partial charge < -0.3 is 4.90 Å². The van der Waals surface area contributed by atoms with E-state index in [1.807, 2.05) is 27.8 Å². The maximum atomic E-state index is 11.9. The molecule has 0 saturated heterocycles. The number of nitrogens with zero attached hydrogens (tertiary/aromatic N) is 1. The lowest BCUT2D eigenvalue weighted by Crippen LogP contribution is -2.27. The standard InChI is InChI=1S/C16H25NO/c1-12-7-8-14(13(2)11-12)17(6)10-9-15(18)16(3,4)5/h7-8,11H,9-10H2,1-6H3. The molecule has 0 aliphatic heterocycles. The van der Waals surface area contributed by atoms with Gasteiger partial charge in [-0.2, -0.15) is 0 Å². The Hall–Kier alpha value is -1.31. The van der Waals surface area contributed by atoms with Crippen LogP contribution in [0.4, 0.5) is 5.69 Å². The molecule has 0 aliphatic rings. The van der Waals surface area contributed by atoms with Gasteiger partial charge in [0.15, 0.2) is 0 Å². The third-order valence-electron chi connectivity index (χ3n) is 3.27. The third kappa shape index (κ3) is 3.86. The molecule has 0 aromatic heterocycles. The van der Waals surface area contributed by atoms with E-state index in [0.717, 1.165) is 6.54 Å². The van der Waals surface area contributed by atoms with Gasteiger partial charge in [-0.15, -0.1) is 0 Å². The Morgan fingerprint density at radius 3 is 2.33 bits per heavy atom. The van der Waals surface area contributed by atoms with Crippen LogP contribution in [-0.4, -0.2) is 19.4 Å². The van der Waals surface area contributed by atoms with Crippen molar-refractivity contribution >= 4 is 11.5 Å². The molecule has 0 spiro atoms. The van der Waals surface area contributed by atoms with Gasteiger partial charge in [0.05, 0.1) is 0 Å². The molecule has 18 heavy (non-hydrogen) atoms. The van der Waals surface area contributed by atoms with Crippen molar-refractivity contribution in [3.8, 4) is 0 Å². The van der Waals surface area contributed by atoms with Crippen LogP contribution in [0.2, 0.25) is 0 Å². The molecule has 0 unspecified atom stereocenters. The molecule has 0 atom stereocenters. The van der Waals surface area contributed by atoms with Gasteiger partial charge in [0.1, 0.15) is 5.78 Å². The fraction of sp³-hybridized carbons (Fsp3) is 0.562. The molecule has 0 aliphatic carbocycles. The Labute approximate surface area is 111 Å². The third-order valence-corrected chi connectivity index (χ3v) is 3.27. The second-order valence-electron chi connectivity index (χ2n) is 6.13. The maximum absolute atomic E-state index is 11.9. The van der Waals surface area contributed by atoms with Gasteiger partial charge in [0.2, 0.25) is 0 Å². The van der Waals surface area contributed by atoms with Gasteiger partial charge in [0.25, 0.3) is 0 Å². The highest BCUT2D eigenvalue weighted by Gasteiger charge is 2.21. The minimum Gasteiger partial charge on any atom is -0.374 e. The fourth-order valence-electron chi connectivity index (χ4n) is 2.00. The first-order valence-electron chi connectivity index (χ1n) is 6.53. The molecule has 0 fully saturated rings. The van der Waals surface area contributed by atoms with Gasteiger partial charge in [-0.05, 0) is 25.5 Å². The van der Waals surface area contributed by atoms with Crippen LogP contribution in [0.5, 0.6) is 0 Å². The first-order valence-corrected chi connectivity index (χ1v) is 6.53. The molecule has 1 aromatic carbocycles. The van der Waals surface area contributed by atoms with E-state index < -0.39 is 0 Å². The summed E-state index contributed by atoms with van der Waals surface area (Å²) < 4.78 is 0. The molecule has 0 radical (unpaired) electrons. The van der Waals surface area contributed by atoms with Crippen molar-refractivity contribution in [2.75, 3.05) is 18.5 Å². The molecule has 0 saturated carbocycles. The molecule has 0 N–H and O–H groups in total. The zero-order valence-electron chi connectivity index (χ0n) is 12.5. The van der Waals surface area contributed by atoms with Gasteiger partial charge >= 0.3 is 0 Å². The molecule has 100 valence electrons. The highest BCUT2D eigenvalue weighted by atomic mass is 16.1. The summed E-state index contributed by atoms with van der Waals surface area (Å²) in [6, 6.07) is 6.42. The van der Waals surface area contributed by atoms with Crippen molar-refractivity contribution in [1.29, 1.82) is 0 Å². The normalized spacial score (nSPS) is 11.4. The van der Waals surface area contributed by atoms with E-state index in [1.165, 1.54) is 16.8 Å². The first-order chi connectivity index (χ1) is 8.21. The lowest BCUT2D eigenvalue weighted by atomic mass is 9.89. The van der Waals surface area contributed by atoms with Crippen molar-refractivity contribution in [2.45, 2.75) is 41.0 Å². The number of anilines is 1. The highest BCUT2D eigenvalue weighted by molar-refractivity contribution is 5.84. The van der Waals surface area contributed by atoms with Crippen LogP contribution in [0.15, 0.2) is 18.2 Å². The minimum atomic E-state index is -0.233. The van der Waals surface area contributed by atoms with E-state index in [-0.39, 0.29) is 5.41 Å². The second-order valence-corrected chi connectivity index (χ2v) is 6.13. The predicted octanol–water partition coefficient (Wildman–Crippen LogP) is 3.74. The van der Waals surface area contributed by atoms with Gasteiger partial charge in [-0.25, -0.2) is 0 Å². The molecular formula is C16H25NO. The molecule has 1 aromatic rings. The number of benzene rings is 1. The summed E-state index contributed by atoms with van der Waals surface area (Å²) in [7, 11) is 2.05. The average Bonchev–Trinajstić information content (AvgIpc) is 2.24. The summed E-state index contributed by atoms with van der Waals surface area (Å²) >= 11 is 0. The van der Waals surface area contributed by atoms with E-state index >= 15 is 0 Å². The Kier molecular flexibility index (Phi) is 4.55. The number of rotatable bonds is 4. The lowest BCUT2D eigenvalue weighted by molar-refractivity contribution is -0.126. The number of aryl methyl sites for hydroxylation is 2. The highest BCUT2D eigenvalue weighted by Crippen LogP contribution is 2.21. The fourth-order valence-corrected chi connectivity index (χ4v) is 2.00. The minimum absolute atomic E-state index is 0.233. The smallest absolute Gasteiger partial charge is 0.139 e. The molecular weight excluding hydrogens is 222 g/mol. The van der Waals surface area contributed by atoms with Gasteiger partial charge in [0, 0.05) is 31.1 Å². The predicted molar refractivity (Wildman–Crippen MR) is 78.3 cm³/mol. The molecule has 0 amide bonds. The zero-order chi connectivity index (χ0) is 13.9. The monoisotopic (exact) mass is 247 g/mol. The number of hydrogen-bond acceptors (Lipinski definition) is 2. The van der Waals surface area contributed by atoms with Crippen LogP contribution in [0, 0.1) is 19.3 Å². The Morgan fingerprint density at radius 1 is 1.22 bits per heavy atom. The number of Topliss-reactive ketones (excluding diaryl/α,β-unsaturated/α-hetero) is 1. The summed E-state index contributed by atoms with van der Waals surface area (Å²) in [5.41, 5.74) is 3.52. The molecule has 0 heterocycles. The van der Waals surface area contributed by atoms with Crippen molar-refractivity contribution in [2.24, 2.45) is 5.41 Å². The molecule has 0 bridgehead atoms. The average molecular weight is 247 g/mol. The van der Waals surface area contributed by atoms with Crippen molar-refractivity contribution < 1.29 is 4.79 Å². The van der Waals surface area contributed by atoms with E-state index in [4.69, 9.17) is 0 Å². The quantitative estimate of drug-likeness (QED) is 0.807. The van der Waals surface area contributed by atoms with E-state index in [1.54, 1.807) is 0 Å². The number of carbonyl (C=O) groups excluding carboxylic acids is 1. The first kappa shape index (κ1) is 14.7. The summed E-state index contributed by atoms with van der Waals surface area (Å²) in [5, 5.41) is 0. The maximum Gasteiger partial charge on any atom is 0.139 e. The van der Waals surface area contributed by atoms with Crippen molar-refractivity contribution in [3.63, 3.8) is 0 Å². The summed E-state index contributed by atoms with van der Waals surface area (Å²) in [6.07, 6.45) is 0.604. The molecule has 2 heteroatoms. The van der Waals surface area contributed by atoms with Crippen LogP contribution in [0.1, 0.15) is 38.3 Å². The topological polar surface area (TPSA) is 20.3 Å². The van der Waals surface area contributed by atoms with Crippen LogP contribution < -0.4 is 4.90 Å². The Bertz CT molecular complexity index is 429. The number of carbonyl (C=O) groups is 1. The van der Waals surface area contributed by atoms with Crippen LogP contribution in [-0.2, 0) is 4.79 Å². The molecule has 1 rings (SSSR count). The van der Waals surface area contributed by atoms with Crippen LogP contribution >= 0.6 is 0 Å². The van der Waals surface area contributed by atoms with Crippen LogP contribution in [0.3, 0.4) is 0 Å². The van der Waals surface area contributed by atoms with Gasteiger partial charge in [-0.3, -0.25) is 4.79 Å². The summed E-state index contributed by atoms with van der Waals surface area (Å²) in [4.78, 5) is 14.1. The van der Waals surface area contributed by atoms with Gasteiger partial charge in [-0.1, -0.05) is 38.5 Å². The lowest BCUT2D eigenvalue weighted by Gasteiger charge is -2.23.